The average Bonchev–Trinajstić information content (AvgIpc) is 2.60. The number of methoxy groups -OCH3 is 1. The second-order valence-electron chi connectivity index (χ2n) is 5.30. The number of benzene rings is 2. The van der Waals surface area contributed by atoms with Gasteiger partial charge in [-0.05, 0) is 48.6 Å². The van der Waals surface area contributed by atoms with Crippen LogP contribution in [0, 0.1) is 5.82 Å². The van der Waals surface area contributed by atoms with Crippen LogP contribution in [-0.2, 0) is 9.59 Å². The number of hydrogen-bond acceptors (Lipinski definition) is 4. The van der Waals surface area contributed by atoms with Crippen LogP contribution in [0.25, 0.3) is 6.08 Å². The maximum atomic E-state index is 14.1. The molecule has 0 aliphatic carbocycles. The Hall–Kier alpha value is -2.58. The number of halogens is 2. The Labute approximate surface area is 162 Å². The first-order valence-electron chi connectivity index (χ1n) is 7.42. The van der Waals surface area contributed by atoms with Gasteiger partial charge in [-0.15, -0.1) is 0 Å². The maximum absolute atomic E-state index is 14.1. The summed E-state index contributed by atoms with van der Waals surface area (Å²) in [6, 6.07) is 10.9. The van der Waals surface area contributed by atoms with E-state index in [2.05, 4.69) is 21.2 Å². The van der Waals surface area contributed by atoms with Gasteiger partial charge in [0.1, 0.15) is 17.1 Å². The van der Waals surface area contributed by atoms with Crippen LogP contribution in [0.3, 0.4) is 0 Å². The maximum Gasteiger partial charge on any atom is 0.270 e. The zero-order chi connectivity index (χ0) is 18.8. The minimum absolute atomic E-state index is 0.0328. The first-order valence-corrected chi connectivity index (χ1v) is 8.62. The SMILES string of the molecule is COc1ccc(Br)cc1/C=C1\C(=O)NC(=S)N(c2ccccc2F)C1=O. The fraction of sp³-hybridized carbons (Fsp3) is 0.0556. The molecule has 0 radical (unpaired) electrons. The molecule has 1 saturated heterocycles. The standard InChI is InChI=1S/C18H12BrFN2O3S/c1-25-15-7-6-11(19)8-10(15)9-12-16(23)21-18(26)22(17(12)24)14-5-3-2-4-13(14)20/h2-9H,1H3,(H,21,23,26)/b12-9+. The lowest BCUT2D eigenvalue weighted by molar-refractivity contribution is -0.122. The van der Waals surface area contributed by atoms with Crippen molar-refractivity contribution in [3.05, 3.63) is 63.9 Å². The smallest absolute Gasteiger partial charge is 0.270 e. The molecule has 0 atom stereocenters. The van der Waals surface area contributed by atoms with Crippen LogP contribution < -0.4 is 15.0 Å². The van der Waals surface area contributed by atoms with Crippen LogP contribution in [0.15, 0.2) is 52.5 Å². The quantitative estimate of drug-likeness (QED) is 0.456. The zero-order valence-corrected chi connectivity index (χ0v) is 15.9. The molecule has 1 fully saturated rings. The van der Waals surface area contributed by atoms with E-state index in [-0.39, 0.29) is 16.4 Å². The van der Waals surface area contributed by atoms with Gasteiger partial charge in [0.15, 0.2) is 5.11 Å². The number of para-hydroxylation sites is 1. The van der Waals surface area contributed by atoms with Crippen LogP contribution in [-0.4, -0.2) is 24.0 Å². The summed E-state index contributed by atoms with van der Waals surface area (Å²) in [5, 5.41) is 2.24. The van der Waals surface area contributed by atoms with E-state index >= 15 is 0 Å². The van der Waals surface area contributed by atoms with Crippen molar-refractivity contribution in [2.45, 2.75) is 0 Å². The molecule has 0 bridgehead atoms. The van der Waals surface area contributed by atoms with Crippen molar-refractivity contribution in [2.24, 2.45) is 0 Å². The molecule has 1 N–H and O–H groups in total. The topological polar surface area (TPSA) is 58.6 Å². The first-order chi connectivity index (χ1) is 12.4. The van der Waals surface area contributed by atoms with E-state index in [4.69, 9.17) is 17.0 Å². The summed E-state index contributed by atoms with van der Waals surface area (Å²) >= 11 is 8.39. The number of amides is 2. The number of rotatable bonds is 3. The molecule has 0 unspecified atom stereocenters. The summed E-state index contributed by atoms with van der Waals surface area (Å²) < 4.78 is 20.1. The van der Waals surface area contributed by atoms with Gasteiger partial charge >= 0.3 is 0 Å². The fourth-order valence-corrected chi connectivity index (χ4v) is 3.14. The normalized spacial score (nSPS) is 16.0. The van der Waals surface area contributed by atoms with E-state index in [0.717, 1.165) is 9.37 Å². The Morgan fingerprint density at radius 1 is 1.23 bits per heavy atom. The van der Waals surface area contributed by atoms with Gasteiger partial charge in [-0.25, -0.2) is 9.29 Å². The molecule has 5 nitrogen and oxygen atoms in total. The van der Waals surface area contributed by atoms with Gasteiger partial charge in [0, 0.05) is 10.0 Å². The molecule has 8 heteroatoms. The van der Waals surface area contributed by atoms with Gasteiger partial charge in [-0.2, -0.15) is 0 Å². The number of thiocarbonyl (C=S) groups is 1. The highest BCUT2D eigenvalue weighted by Gasteiger charge is 2.35. The largest absolute Gasteiger partial charge is 0.496 e. The van der Waals surface area contributed by atoms with E-state index in [1.165, 1.54) is 31.4 Å². The second-order valence-corrected chi connectivity index (χ2v) is 6.60. The molecular weight excluding hydrogens is 423 g/mol. The van der Waals surface area contributed by atoms with Crippen LogP contribution >= 0.6 is 28.1 Å². The van der Waals surface area contributed by atoms with Crippen molar-refractivity contribution in [2.75, 3.05) is 12.0 Å². The van der Waals surface area contributed by atoms with Crippen LogP contribution in [0.2, 0.25) is 0 Å². The van der Waals surface area contributed by atoms with Gasteiger partial charge in [0.25, 0.3) is 11.8 Å². The predicted octanol–water partition coefficient (Wildman–Crippen LogP) is 3.43. The molecule has 0 saturated carbocycles. The number of ether oxygens (including phenoxy) is 1. The van der Waals surface area contributed by atoms with Crippen LogP contribution in [0.1, 0.15) is 5.56 Å². The first kappa shape index (κ1) is 18.2. The Kier molecular flexibility index (Phi) is 5.15. The minimum atomic E-state index is -0.717. The third kappa shape index (κ3) is 3.38. The highest BCUT2D eigenvalue weighted by molar-refractivity contribution is 9.10. The summed E-state index contributed by atoms with van der Waals surface area (Å²) in [5.74, 6) is -1.52. The highest BCUT2D eigenvalue weighted by Crippen LogP contribution is 2.28. The number of carbonyl (C=O) groups is 2. The third-order valence-electron chi connectivity index (χ3n) is 3.69. The van der Waals surface area contributed by atoms with Crippen molar-refractivity contribution >= 4 is 56.8 Å². The van der Waals surface area contributed by atoms with Gasteiger partial charge < -0.3 is 4.74 Å². The highest BCUT2D eigenvalue weighted by atomic mass is 79.9. The summed E-state index contributed by atoms with van der Waals surface area (Å²) in [6.45, 7) is 0. The lowest BCUT2D eigenvalue weighted by Crippen LogP contribution is -2.54. The molecule has 0 aromatic heterocycles. The zero-order valence-electron chi connectivity index (χ0n) is 13.5. The van der Waals surface area contributed by atoms with Crippen molar-refractivity contribution < 1.29 is 18.7 Å². The monoisotopic (exact) mass is 434 g/mol. The molecule has 2 aromatic rings. The van der Waals surface area contributed by atoms with E-state index in [1.807, 2.05) is 0 Å². The minimum Gasteiger partial charge on any atom is -0.496 e. The van der Waals surface area contributed by atoms with E-state index < -0.39 is 17.6 Å². The molecule has 2 amide bonds. The molecule has 0 spiro atoms. The number of nitrogens with zero attached hydrogens (tertiary/aromatic N) is 1. The van der Waals surface area contributed by atoms with Crippen molar-refractivity contribution in [3.8, 4) is 5.75 Å². The Morgan fingerprint density at radius 2 is 1.96 bits per heavy atom. The van der Waals surface area contributed by atoms with Gasteiger partial charge in [-0.1, -0.05) is 28.1 Å². The van der Waals surface area contributed by atoms with Crippen molar-refractivity contribution in [1.29, 1.82) is 0 Å². The lowest BCUT2D eigenvalue weighted by Gasteiger charge is -2.29. The molecule has 3 rings (SSSR count). The summed E-state index contributed by atoms with van der Waals surface area (Å²) in [7, 11) is 1.48. The van der Waals surface area contributed by atoms with Gasteiger partial charge in [0.2, 0.25) is 0 Å². The molecule has 2 aromatic carbocycles. The fourth-order valence-electron chi connectivity index (χ4n) is 2.48. The molecule has 1 aliphatic heterocycles. The number of carbonyl (C=O) groups excluding carboxylic acids is 2. The van der Waals surface area contributed by atoms with E-state index in [1.54, 1.807) is 24.3 Å². The molecule has 132 valence electrons. The van der Waals surface area contributed by atoms with Crippen molar-refractivity contribution in [1.82, 2.24) is 5.32 Å². The van der Waals surface area contributed by atoms with Crippen LogP contribution in [0.4, 0.5) is 10.1 Å². The molecule has 1 heterocycles. The number of hydrogen-bond donors (Lipinski definition) is 1. The summed E-state index contributed by atoms with van der Waals surface area (Å²) in [6.07, 6.45) is 1.39. The lowest BCUT2D eigenvalue weighted by atomic mass is 10.1. The van der Waals surface area contributed by atoms with Crippen LogP contribution in [0.5, 0.6) is 5.75 Å². The van der Waals surface area contributed by atoms with E-state index in [0.29, 0.717) is 11.3 Å². The second kappa shape index (κ2) is 7.35. The van der Waals surface area contributed by atoms with Gasteiger partial charge in [-0.3, -0.25) is 14.9 Å². The Bertz CT molecular complexity index is 961. The third-order valence-corrected chi connectivity index (χ3v) is 4.46. The van der Waals surface area contributed by atoms with E-state index in [9.17, 15) is 14.0 Å². The predicted molar refractivity (Wildman–Crippen MR) is 103 cm³/mol. The Morgan fingerprint density at radius 3 is 2.65 bits per heavy atom. The number of nitrogens with one attached hydrogen (secondary N) is 1. The molecular formula is C18H12BrFN2O3S. The average molecular weight is 435 g/mol. The summed E-state index contributed by atoms with van der Waals surface area (Å²) in [5.41, 5.74) is 0.300. The molecule has 1 aliphatic rings. The number of anilines is 1. The van der Waals surface area contributed by atoms with Crippen molar-refractivity contribution in [3.63, 3.8) is 0 Å². The molecule has 26 heavy (non-hydrogen) atoms. The van der Waals surface area contributed by atoms with Gasteiger partial charge in [0.05, 0.1) is 12.8 Å². The summed E-state index contributed by atoms with van der Waals surface area (Å²) in [4.78, 5) is 26.1. The Balaban J connectivity index is 2.09.